The molecule has 1 aliphatic heterocycles. The van der Waals surface area contributed by atoms with Crippen LogP contribution in [0, 0.1) is 6.92 Å². The maximum Gasteiger partial charge on any atom is 0.0788 e. The molecule has 0 aromatic heterocycles. The molecule has 1 saturated heterocycles. The fourth-order valence-electron chi connectivity index (χ4n) is 2.16. The molecule has 2 unspecified atom stereocenters. The van der Waals surface area contributed by atoms with Crippen molar-refractivity contribution in [2.45, 2.75) is 37.5 Å². The quantitative estimate of drug-likeness (QED) is 0.830. The van der Waals surface area contributed by atoms with Gasteiger partial charge in [0, 0.05) is 17.4 Å². The lowest BCUT2D eigenvalue weighted by Crippen LogP contribution is -2.31. The molecule has 82 valence electrons. The second-order valence-electron chi connectivity index (χ2n) is 4.71. The topological polar surface area (TPSA) is 20.2 Å². The van der Waals surface area contributed by atoms with E-state index in [1.54, 1.807) is 0 Å². The summed E-state index contributed by atoms with van der Waals surface area (Å²) in [4.78, 5) is 0. The van der Waals surface area contributed by atoms with Crippen LogP contribution in [0.25, 0.3) is 0 Å². The maximum absolute atomic E-state index is 10.4. The van der Waals surface area contributed by atoms with Crippen LogP contribution in [0.2, 0.25) is 0 Å². The number of hydrogen-bond donors (Lipinski definition) is 1. The van der Waals surface area contributed by atoms with Gasteiger partial charge in [-0.15, -0.1) is 0 Å². The molecule has 1 N–H and O–H groups in total. The molecule has 2 heteroatoms. The molecule has 1 aromatic rings. The van der Waals surface area contributed by atoms with Crippen molar-refractivity contribution in [3.8, 4) is 0 Å². The fourth-order valence-corrected chi connectivity index (χ4v) is 3.40. The summed E-state index contributed by atoms with van der Waals surface area (Å²) in [5.41, 5.74) is 2.05. The van der Waals surface area contributed by atoms with E-state index in [0.29, 0.717) is 5.25 Å². The van der Waals surface area contributed by atoms with Crippen LogP contribution >= 0.6 is 11.8 Å². The Hall–Kier alpha value is -0.470. The molecule has 0 amide bonds. The number of benzene rings is 1. The first-order valence-electron chi connectivity index (χ1n) is 5.47. The van der Waals surface area contributed by atoms with Crippen LogP contribution in [0.15, 0.2) is 24.3 Å². The third-order valence-electron chi connectivity index (χ3n) is 2.96. The van der Waals surface area contributed by atoms with Gasteiger partial charge in [0.1, 0.15) is 0 Å². The Morgan fingerprint density at radius 1 is 1.40 bits per heavy atom. The van der Waals surface area contributed by atoms with E-state index in [4.69, 9.17) is 0 Å². The lowest BCUT2D eigenvalue weighted by atomic mass is 9.92. The Labute approximate surface area is 95.9 Å². The predicted octanol–water partition coefficient (Wildman–Crippen LogP) is 2.79. The molecule has 1 heterocycles. The molecule has 1 aromatic carbocycles. The van der Waals surface area contributed by atoms with Crippen LogP contribution in [0.4, 0.5) is 0 Å². The van der Waals surface area contributed by atoms with Crippen molar-refractivity contribution >= 4 is 11.8 Å². The van der Waals surface area contributed by atoms with E-state index >= 15 is 0 Å². The number of aliphatic hydroxyl groups is 1. The van der Waals surface area contributed by atoms with Crippen LogP contribution in [0.5, 0.6) is 0 Å². The lowest BCUT2D eigenvalue weighted by molar-refractivity contribution is 0.0642. The highest BCUT2D eigenvalue weighted by molar-refractivity contribution is 8.00. The van der Waals surface area contributed by atoms with Gasteiger partial charge >= 0.3 is 0 Å². The second kappa shape index (κ2) is 4.18. The number of rotatable bonds is 2. The summed E-state index contributed by atoms with van der Waals surface area (Å²) in [7, 11) is 0. The molecule has 1 aliphatic rings. The van der Waals surface area contributed by atoms with Gasteiger partial charge in [0.25, 0.3) is 0 Å². The molecular weight excluding hydrogens is 204 g/mol. The minimum absolute atomic E-state index is 0.473. The summed E-state index contributed by atoms with van der Waals surface area (Å²) in [5.74, 6) is 0.877. The Balaban J connectivity index is 2.05. The van der Waals surface area contributed by atoms with Crippen molar-refractivity contribution in [2.24, 2.45) is 0 Å². The molecule has 0 saturated carbocycles. The number of hydrogen-bond acceptors (Lipinski definition) is 2. The molecule has 0 bridgehead atoms. The second-order valence-corrected chi connectivity index (χ2v) is 6.14. The molecule has 0 spiro atoms. The molecule has 15 heavy (non-hydrogen) atoms. The summed E-state index contributed by atoms with van der Waals surface area (Å²) in [6.45, 7) is 4.28. The Morgan fingerprint density at radius 2 is 2.07 bits per heavy atom. The summed E-state index contributed by atoms with van der Waals surface area (Å²) < 4.78 is 0. The van der Waals surface area contributed by atoms with Gasteiger partial charge in [0.2, 0.25) is 0 Å². The van der Waals surface area contributed by atoms with E-state index in [0.717, 1.165) is 18.6 Å². The summed E-state index contributed by atoms with van der Waals surface area (Å²) in [6.07, 6.45) is 1.72. The van der Waals surface area contributed by atoms with Gasteiger partial charge in [-0.25, -0.2) is 0 Å². The van der Waals surface area contributed by atoms with Crippen molar-refractivity contribution in [3.05, 3.63) is 35.4 Å². The van der Waals surface area contributed by atoms with E-state index in [2.05, 4.69) is 38.1 Å². The van der Waals surface area contributed by atoms with E-state index < -0.39 is 5.60 Å². The van der Waals surface area contributed by atoms with E-state index in [1.807, 2.05) is 11.8 Å². The highest BCUT2D eigenvalue weighted by atomic mass is 32.2. The first-order chi connectivity index (χ1) is 7.07. The number of aryl methyl sites for hydroxylation is 1. The van der Waals surface area contributed by atoms with Crippen LogP contribution in [-0.4, -0.2) is 21.7 Å². The summed E-state index contributed by atoms with van der Waals surface area (Å²) in [6, 6.07) is 8.48. The van der Waals surface area contributed by atoms with Crippen molar-refractivity contribution in [2.75, 3.05) is 5.75 Å². The van der Waals surface area contributed by atoms with Gasteiger partial charge in [-0.2, -0.15) is 11.8 Å². The maximum atomic E-state index is 10.4. The normalized spacial score (nSPS) is 30.7. The van der Waals surface area contributed by atoms with Crippen molar-refractivity contribution in [1.82, 2.24) is 0 Å². The van der Waals surface area contributed by atoms with E-state index in [-0.39, 0.29) is 0 Å². The van der Waals surface area contributed by atoms with Crippen LogP contribution < -0.4 is 0 Å². The minimum atomic E-state index is -0.473. The van der Waals surface area contributed by atoms with E-state index in [9.17, 15) is 5.11 Å². The predicted molar refractivity (Wildman–Crippen MR) is 66.4 cm³/mol. The van der Waals surface area contributed by atoms with E-state index in [1.165, 1.54) is 11.1 Å². The zero-order chi connectivity index (χ0) is 10.9. The lowest BCUT2D eigenvalue weighted by Gasteiger charge is -2.21. The largest absolute Gasteiger partial charge is 0.389 e. The smallest absolute Gasteiger partial charge is 0.0788 e. The molecular formula is C13H18OS. The minimum Gasteiger partial charge on any atom is -0.389 e. The standard InChI is InChI=1S/C13H18OS/c1-10-3-5-12(6-4-10)8-13(14)7-11(2)15-9-13/h3-6,11,14H,7-9H2,1-2H3. The summed E-state index contributed by atoms with van der Waals surface area (Å²) >= 11 is 1.88. The first-order valence-corrected chi connectivity index (χ1v) is 6.52. The molecule has 2 rings (SSSR count). The zero-order valence-corrected chi connectivity index (χ0v) is 10.2. The summed E-state index contributed by atoms with van der Waals surface area (Å²) in [5, 5.41) is 11.0. The number of thioether (sulfide) groups is 1. The van der Waals surface area contributed by atoms with Crippen LogP contribution in [-0.2, 0) is 6.42 Å². The fraction of sp³-hybridized carbons (Fsp3) is 0.538. The van der Waals surface area contributed by atoms with Crippen LogP contribution in [0.3, 0.4) is 0 Å². The molecule has 0 aliphatic carbocycles. The van der Waals surface area contributed by atoms with Gasteiger partial charge in [-0.05, 0) is 18.9 Å². The highest BCUT2D eigenvalue weighted by Gasteiger charge is 2.35. The molecule has 2 atom stereocenters. The van der Waals surface area contributed by atoms with Crippen LogP contribution in [0.1, 0.15) is 24.5 Å². The third kappa shape index (κ3) is 2.76. The Morgan fingerprint density at radius 3 is 2.60 bits per heavy atom. The van der Waals surface area contributed by atoms with Gasteiger partial charge in [-0.3, -0.25) is 0 Å². The molecule has 1 fully saturated rings. The Bertz CT molecular complexity index is 333. The van der Waals surface area contributed by atoms with Crippen molar-refractivity contribution in [1.29, 1.82) is 0 Å². The average Bonchev–Trinajstić information content (AvgIpc) is 2.50. The van der Waals surface area contributed by atoms with Gasteiger partial charge < -0.3 is 5.11 Å². The first kappa shape index (κ1) is 11.0. The molecule has 1 nitrogen and oxygen atoms in total. The third-order valence-corrected chi connectivity index (χ3v) is 4.40. The monoisotopic (exact) mass is 222 g/mol. The Kier molecular flexibility index (Phi) is 3.08. The zero-order valence-electron chi connectivity index (χ0n) is 9.36. The average molecular weight is 222 g/mol. The molecule has 0 radical (unpaired) electrons. The van der Waals surface area contributed by atoms with Gasteiger partial charge in [0.05, 0.1) is 5.60 Å². The van der Waals surface area contributed by atoms with Gasteiger partial charge in [-0.1, -0.05) is 36.8 Å². The SMILES string of the molecule is Cc1ccc(CC2(O)CSC(C)C2)cc1. The highest BCUT2D eigenvalue weighted by Crippen LogP contribution is 2.36. The van der Waals surface area contributed by atoms with Crippen molar-refractivity contribution in [3.63, 3.8) is 0 Å². The van der Waals surface area contributed by atoms with Gasteiger partial charge in [0.15, 0.2) is 0 Å². The van der Waals surface area contributed by atoms with Crippen molar-refractivity contribution < 1.29 is 5.11 Å².